The number of hydrogen-bond acceptors (Lipinski definition) is 2. The van der Waals surface area contributed by atoms with Crippen LogP contribution in [0.15, 0.2) is 24.3 Å². The Bertz CT molecular complexity index is 319. The zero-order valence-corrected chi connectivity index (χ0v) is 11.2. The van der Waals surface area contributed by atoms with E-state index >= 15 is 0 Å². The Morgan fingerprint density at radius 3 is 2.24 bits per heavy atom. The molecule has 96 valence electrons. The predicted octanol–water partition coefficient (Wildman–Crippen LogP) is 2.73. The van der Waals surface area contributed by atoms with Crippen LogP contribution in [0.2, 0.25) is 0 Å². The van der Waals surface area contributed by atoms with Gasteiger partial charge in [-0.15, -0.1) is 0 Å². The standard InChI is InChI=1S/C12H17NO2.C2H6/c1-3-10(12(15)13-2)8-9-4-6-11(14)7-5-9;1-2/h4-7,10,14H,3,8H2,1-2H3,(H,13,15);1-2H3. The monoisotopic (exact) mass is 237 g/mol. The first kappa shape index (κ1) is 15.5. The molecule has 0 aromatic heterocycles. The van der Waals surface area contributed by atoms with Crippen molar-refractivity contribution < 1.29 is 9.90 Å². The molecule has 1 aromatic rings. The third-order valence-corrected chi connectivity index (χ3v) is 2.53. The molecule has 3 heteroatoms. The second-order valence-electron chi connectivity index (χ2n) is 3.59. The average Bonchev–Trinajstić information content (AvgIpc) is 2.39. The van der Waals surface area contributed by atoms with Gasteiger partial charge in [0.25, 0.3) is 0 Å². The van der Waals surface area contributed by atoms with Crippen LogP contribution in [0.3, 0.4) is 0 Å². The number of aromatic hydroxyl groups is 1. The highest BCUT2D eigenvalue weighted by Gasteiger charge is 2.14. The minimum atomic E-state index is 0.0135. The van der Waals surface area contributed by atoms with Gasteiger partial charge in [-0.25, -0.2) is 0 Å². The molecular formula is C14H23NO2. The molecule has 3 nitrogen and oxygen atoms in total. The molecular weight excluding hydrogens is 214 g/mol. The van der Waals surface area contributed by atoms with Crippen LogP contribution >= 0.6 is 0 Å². The summed E-state index contributed by atoms with van der Waals surface area (Å²) in [6.45, 7) is 6.00. The molecule has 2 N–H and O–H groups in total. The highest BCUT2D eigenvalue weighted by molar-refractivity contribution is 5.78. The summed E-state index contributed by atoms with van der Waals surface area (Å²) in [5.41, 5.74) is 1.07. The minimum Gasteiger partial charge on any atom is -0.508 e. The summed E-state index contributed by atoms with van der Waals surface area (Å²) in [6.07, 6.45) is 1.54. The molecule has 0 saturated heterocycles. The Morgan fingerprint density at radius 1 is 1.29 bits per heavy atom. The van der Waals surface area contributed by atoms with Crippen LogP contribution < -0.4 is 5.32 Å². The molecule has 1 amide bonds. The maximum Gasteiger partial charge on any atom is 0.223 e. The van der Waals surface area contributed by atoms with Gasteiger partial charge in [0.05, 0.1) is 0 Å². The number of rotatable bonds is 4. The number of hydrogen-bond donors (Lipinski definition) is 2. The van der Waals surface area contributed by atoms with Crippen LogP contribution in [0.5, 0.6) is 5.75 Å². The molecule has 1 rings (SSSR count). The van der Waals surface area contributed by atoms with Gasteiger partial charge in [-0.05, 0) is 30.5 Å². The first-order chi connectivity index (χ1) is 8.17. The molecule has 0 bridgehead atoms. The van der Waals surface area contributed by atoms with Gasteiger partial charge in [0.1, 0.15) is 5.75 Å². The van der Waals surface area contributed by atoms with Crippen LogP contribution in [-0.2, 0) is 11.2 Å². The van der Waals surface area contributed by atoms with E-state index in [0.29, 0.717) is 0 Å². The van der Waals surface area contributed by atoms with E-state index in [1.807, 2.05) is 32.9 Å². The molecule has 0 saturated carbocycles. The van der Waals surface area contributed by atoms with Crippen LogP contribution in [0.4, 0.5) is 0 Å². The second kappa shape index (κ2) is 8.62. The Kier molecular flexibility index (Phi) is 7.85. The summed E-state index contributed by atoms with van der Waals surface area (Å²) in [7, 11) is 1.65. The molecule has 0 radical (unpaired) electrons. The maximum atomic E-state index is 11.5. The third kappa shape index (κ3) is 5.38. The number of carbonyl (C=O) groups is 1. The molecule has 1 aromatic carbocycles. The van der Waals surface area contributed by atoms with Crippen molar-refractivity contribution in [3.63, 3.8) is 0 Å². The van der Waals surface area contributed by atoms with Gasteiger partial charge in [-0.1, -0.05) is 32.9 Å². The molecule has 0 heterocycles. The quantitative estimate of drug-likeness (QED) is 0.846. The molecule has 17 heavy (non-hydrogen) atoms. The Balaban J connectivity index is 0.00000121. The molecule has 0 aliphatic rings. The van der Waals surface area contributed by atoms with E-state index in [0.717, 1.165) is 18.4 Å². The van der Waals surface area contributed by atoms with Gasteiger partial charge in [0.15, 0.2) is 0 Å². The summed E-state index contributed by atoms with van der Waals surface area (Å²) in [5, 5.41) is 11.8. The Labute approximate surface area is 104 Å². The topological polar surface area (TPSA) is 49.3 Å². The van der Waals surface area contributed by atoms with Crippen LogP contribution in [0, 0.1) is 5.92 Å². The first-order valence-corrected chi connectivity index (χ1v) is 6.16. The summed E-state index contributed by atoms with van der Waals surface area (Å²) >= 11 is 0. The SMILES string of the molecule is CC.CCC(Cc1ccc(O)cc1)C(=O)NC. The van der Waals surface area contributed by atoms with Crippen molar-refractivity contribution in [3.05, 3.63) is 29.8 Å². The fraction of sp³-hybridized carbons (Fsp3) is 0.500. The lowest BCUT2D eigenvalue weighted by molar-refractivity contribution is -0.124. The van der Waals surface area contributed by atoms with Gasteiger partial charge in [0, 0.05) is 13.0 Å². The lowest BCUT2D eigenvalue weighted by atomic mass is 9.96. The fourth-order valence-electron chi connectivity index (χ4n) is 1.54. The van der Waals surface area contributed by atoms with Crippen molar-refractivity contribution in [2.75, 3.05) is 7.05 Å². The minimum absolute atomic E-state index is 0.0135. The second-order valence-corrected chi connectivity index (χ2v) is 3.59. The van der Waals surface area contributed by atoms with Gasteiger partial charge in [0.2, 0.25) is 5.91 Å². The maximum absolute atomic E-state index is 11.5. The van der Waals surface area contributed by atoms with Gasteiger partial charge in [-0.3, -0.25) is 4.79 Å². The highest BCUT2D eigenvalue weighted by atomic mass is 16.3. The molecule has 0 fully saturated rings. The smallest absolute Gasteiger partial charge is 0.223 e. The molecule has 0 aliphatic heterocycles. The fourth-order valence-corrected chi connectivity index (χ4v) is 1.54. The number of benzene rings is 1. The zero-order chi connectivity index (χ0) is 13.3. The van der Waals surface area contributed by atoms with Crippen molar-refractivity contribution in [2.45, 2.75) is 33.6 Å². The van der Waals surface area contributed by atoms with Crippen molar-refractivity contribution in [3.8, 4) is 5.75 Å². The van der Waals surface area contributed by atoms with E-state index in [-0.39, 0.29) is 17.6 Å². The summed E-state index contributed by atoms with van der Waals surface area (Å²) < 4.78 is 0. The Hall–Kier alpha value is -1.51. The van der Waals surface area contributed by atoms with Crippen LogP contribution in [0.25, 0.3) is 0 Å². The van der Waals surface area contributed by atoms with Crippen LogP contribution in [0.1, 0.15) is 32.8 Å². The lowest BCUT2D eigenvalue weighted by Crippen LogP contribution is -2.28. The van der Waals surface area contributed by atoms with Crippen molar-refractivity contribution in [1.82, 2.24) is 5.32 Å². The first-order valence-electron chi connectivity index (χ1n) is 6.16. The molecule has 1 atom stereocenters. The zero-order valence-electron chi connectivity index (χ0n) is 11.2. The van der Waals surface area contributed by atoms with Crippen molar-refractivity contribution in [1.29, 1.82) is 0 Å². The van der Waals surface area contributed by atoms with Gasteiger partial charge < -0.3 is 10.4 Å². The number of amides is 1. The normalized spacial score (nSPS) is 11.1. The largest absolute Gasteiger partial charge is 0.508 e. The van der Waals surface area contributed by atoms with Crippen molar-refractivity contribution >= 4 is 5.91 Å². The molecule has 0 spiro atoms. The highest BCUT2D eigenvalue weighted by Crippen LogP contribution is 2.15. The summed E-state index contributed by atoms with van der Waals surface area (Å²) in [6, 6.07) is 6.99. The van der Waals surface area contributed by atoms with E-state index < -0.39 is 0 Å². The van der Waals surface area contributed by atoms with E-state index in [1.54, 1.807) is 19.2 Å². The van der Waals surface area contributed by atoms with Crippen molar-refractivity contribution in [2.24, 2.45) is 5.92 Å². The average molecular weight is 237 g/mol. The molecule has 1 unspecified atom stereocenters. The van der Waals surface area contributed by atoms with Gasteiger partial charge in [-0.2, -0.15) is 0 Å². The third-order valence-electron chi connectivity index (χ3n) is 2.53. The number of phenols is 1. The van der Waals surface area contributed by atoms with E-state index in [2.05, 4.69) is 5.32 Å². The predicted molar refractivity (Wildman–Crippen MR) is 71.0 cm³/mol. The summed E-state index contributed by atoms with van der Waals surface area (Å²) in [4.78, 5) is 11.5. The number of nitrogens with one attached hydrogen (secondary N) is 1. The Morgan fingerprint density at radius 2 is 1.82 bits per heavy atom. The van der Waals surface area contributed by atoms with E-state index in [4.69, 9.17) is 5.11 Å². The molecule has 0 aliphatic carbocycles. The van der Waals surface area contributed by atoms with Gasteiger partial charge >= 0.3 is 0 Å². The lowest BCUT2D eigenvalue weighted by Gasteiger charge is -2.12. The summed E-state index contributed by atoms with van der Waals surface area (Å²) in [5.74, 6) is 0.344. The van der Waals surface area contributed by atoms with E-state index in [1.165, 1.54) is 0 Å². The number of phenolic OH excluding ortho intramolecular Hbond substituents is 1. The number of carbonyl (C=O) groups excluding carboxylic acids is 1. The van der Waals surface area contributed by atoms with Crippen LogP contribution in [-0.4, -0.2) is 18.1 Å². The van der Waals surface area contributed by atoms with E-state index in [9.17, 15) is 4.79 Å².